The minimum Gasteiger partial charge on any atom is -0.385 e. The number of methoxy groups -OCH3 is 1. The number of hydrogen-bond donors (Lipinski definition) is 2. The number of anilines is 1. The molecule has 4 heteroatoms. The molecule has 1 rings (SSSR count). The second-order valence-electron chi connectivity index (χ2n) is 3.83. The lowest BCUT2D eigenvalue weighted by atomic mass is 10.1. The first-order valence-corrected chi connectivity index (χ1v) is 5.80. The molecule has 17 heavy (non-hydrogen) atoms. The van der Waals surface area contributed by atoms with E-state index in [-0.39, 0.29) is 5.91 Å². The molecule has 0 aliphatic heterocycles. The quantitative estimate of drug-likeness (QED) is 0.741. The summed E-state index contributed by atoms with van der Waals surface area (Å²) in [7, 11) is 1.61. The molecule has 0 atom stereocenters. The van der Waals surface area contributed by atoms with E-state index in [4.69, 9.17) is 4.74 Å². The molecule has 94 valence electrons. The fraction of sp³-hybridized carbons (Fsp3) is 0.462. The molecular formula is C13H20N2O2. The van der Waals surface area contributed by atoms with E-state index in [0.717, 1.165) is 17.8 Å². The molecule has 0 unspecified atom stereocenters. The van der Waals surface area contributed by atoms with Gasteiger partial charge in [0.25, 0.3) is 5.91 Å². The number of aryl methyl sites for hydroxylation is 1. The zero-order valence-corrected chi connectivity index (χ0v) is 10.7. The van der Waals surface area contributed by atoms with Gasteiger partial charge in [-0.2, -0.15) is 0 Å². The highest BCUT2D eigenvalue weighted by Crippen LogP contribution is 2.17. The van der Waals surface area contributed by atoms with Crippen molar-refractivity contribution >= 4 is 11.6 Å². The fourth-order valence-corrected chi connectivity index (χ4v) is 1.55. The van der Waals surface area contributed by atoms with E-state index < -0.39 is 0 Å². The van der Waals surface area contributed by atoms with Gasteiger partial charge in [0.15, 0.2) is 0 Å². The Morgan fingerprint density at radius 2 is 2.18 bits per heavy atom. The summed E-state index contributed by atoms with van der Waals surface area (Å²) in [4.78, 5) is 12.0. The van der Waals surface area contributed by atoms with E-state index in [2.05, 4.69) is 10.6 Å². The molecule has 1 aromatic rings. The predicted octanol–water partition coefficient (Wildman–Crippen LogP) is 1.80. The number of ether oxygens (including phenoxy) is 1. The Balaban J connectivity index is 2.78. The number of nitrogens with one attached hydrogen (secondary N) is 2. The number of carbonyl (C=O) groups excluding carboxylic acids is 1. The van der Waals surface area contributed by atoms with Crippen LogP contribution in [-0.4, -0.2) is 32.7 Å². The maximum atomic E-state index is 12.0. The van der Waals surface area contributed by atoms with Gasteiger partial charge in [0.1, 0.15) is 0 Å². The summed E-state index contributed by atoms with van der Waals surface area (Å²) in [6.45, 7) is 5.82. The van der Waals surface area contributed by atoms with Gasteiger partial charge in [-0.05, 0) is 26.0 Å². The standard InChI is InChI=1S/C13H20N2O2/c1-4-14-12-6-5-10(2)9-11(12)13(16)15-7-8-17-3/h5-6,9,14H,4,7-8H2,1-3H3,(H,15,16). The van der Waals surface area contributed by atoms with Gasteiger partial charge in [-0.3, -0.25) is 4.79 Å². The Labute approximate surface area is 102 Å². The second-order valence-corrected chi connectivity index (χ2v) is 3.83. The maximum Gasteiger partial charge on any atom is 0.253 e. The first-order chi connectivity index (χ1) is 8.19. The molecule has 0 radical (unpaired) electrons. The van der Waals surface area contributed by atoms with E-state index in [9.17, 15) is 4.79 Å². The van der Waals surface area contributed by atoms with Crippen molar-refractivity contribution in [3.63, 3.8) is 0 Å². The van der Waals surface area contributed by atoms with Crippen LogP contribution in [-0.2, 0) is 4.74 Å². The highest BCUT2D eigenvalue weighted by Gasteiger charge is 2.10. The highest BCUT2D eigenvalue weighted by molar-refractivity contribution is 5.99. The maximum absolute atomic E-state index is 12.0. The molecule has 1 aromatic carbocycles. The summed E-state index contributed by atoms with van der Waals surface area (Å²) >= 11 is 0. The van der Waals surface area contributed by atoms with E-state index in [1.54, 1.807) is 7.11 Å². The van der Waals surface area contributed by atoms with E-state index in [1.807, 2.05) is 32.0 Å². The van der Waals surface area contributed by atoms with E-state index in [1.165, 1.54) is 0 Å². The molecule has 0 bridgehead atoms. The minimum atomic E-state index is -0.0679. The van der Waals surface area contributed by atoms with E-state index >= 15 is 0 Å². The Kier molecular flexibility index (Phi) is 5.49. The number of hydrogen-bond acceptors (Lipinski definition) is 3. The van der Waals surface area contributed by atoms with Crippen molar-refractivity contribution in [2.24, 2.45) is 0 Å². The number of benzene rings is 1. The molecule has 0 heterocycles. The van der Waals surface area contributed by atoms with Gasteiger partial charge in [0.05, 0.1) is 12.2 Å². The van der Waals surface area contributed by atoms with Crippen molar-refractivity contribution < 1.29 is 9.53 Å². The van der Waals surface area contributed by atoms with Gasteiger partial charge in [0, 0.05) is 25.9 Å². The van der Waals surface area contributed by atoms with Crippen LogP contribution in [0.5, 0.6) is 0 Å². The van der Waals surface area contributed by atoms with Crippen LogP contribution in [0.1, 0.15) is 22.8 Å². The third kappa shape index (κ3) is 4.07. The zero-order chi connectivity index (χ0) is 12.7. The normalized spacial score (nSPS) is 10.1. The molecule has 0 saturated heterocycles. The molecule has 0 spiro atoms. The molecule has 1 amide bonds. The summed E-state index contributed by atoms with van der Waals surface area (Å²) in [6.07, 6.45) is 0. The van der Waals surface area contributed by atoms with Crippen LogP contribution < -0.4 is 10.6 Å². The minimum absolute atomic E-state index is 0.0679. The highest BCUT2D eigenvalue weighted by atomic mass is 16.5. The Hall–Kier alpha value is -1.55. The van der Waals surface area contributed by atoms with Crippen LogP contribution >= 0.6 is 0 Å². The summed E-state index contributed by atoms with van der Waals surface area (Å²) in [5.74, 6) is -0.0679. The molecule has 0 aliphatic rings. The van der Waals surface area contributed by atoms with Crippen LogP contribution in [0.2, 0.25) is 0 Å². The first-order valence-electron chi connectivity index (χ1n) is 5.80. The SMILES string of the molecule is CCNc1ccc(C)cc1C(=O)NCCOC. The summed E-state index contributed by atoms with van der Waals surface area (Å²) < 4.78 is 4.90. The zero-order valence-electron chi connectivity index (χ0n) is 10.7. The lowest BCUT2D eigenvalue weighted by Crippen LogP contribution is -2.27. The third-order valence-corrected chi connectivity index (χ3v) is 2.38. The van der Waals surface area contributed by atoms with E-state index in [0.29, 0.717) is 18.7 Å². The van der Waals surface area contributed by atoms with Crippen molar-refractivity contribution in [1.29, 1.82) is 0 Å². The smallest absolute Gasteiger partial charge is 0.253 e. The molecule has 4 nitrogen and oxygen atoms in total. The average molecular weight is 236 g/mol. The van der Waals surface area contributed by atoms with Crippen molar-refractivity contribution in [3.8, 4) is 0 Å². The topological polar surface area (TPSA) is 50.4 Å². The lowest BCUT2D eigenvalue weighted by molar-refractivity contribution is 0.0938. The lowest BCUT2D eigenvalue weighted by Gasteiger charge is -2.11. The Morgan fingerprint density at radius 1 is 1.41 bits per heavy atom. The van der Waals surface area contributed by atoms with Crippen LogP contribution in [0.25, 0.3) is 0 Å². The Bertz CT molecular complexity index is 378. The van der Waals surface area contributed by atoms with Crippen LogP contribution in [0.15, 0.2) is 18.2 Å². The predicted molar refractivity (Wildman–Crippen MR) is 69.6 cm³/mol. The van der Waals surface area contributed by atoms with Gasteiger partial charge in [-0.25, -0.2) is 0 Å². The van der Waals surface area contributed by atoms with Gasteiger partial charge in [-0.15, -0.1) is 0 Å². The van der Waals surface area contributed by atoms with Crippen molar-refractivity contribution in [3.05, 3.63) is 29.3 Å². The Morgan fingerprint density at radius 3 is 2.82 bits per heavy atom. The molecule has 0 fully saturated rings. The van der Waals surface area contributed by atoms with Crippen molar-refractivity contribution in [2.45, 2.75) is 13.8 Å². The molecule has 0 saturated carbocycles. The van der Waals surface area contributed by atoms with Crippen molar-refractivity contribution in [1.82, 2.24) is 5.32 Å². The van der Waals surface area contributed by atoms with Gasteiger partial charge in [-0.1, -0.05) is 11.6 Å². The molecule has 0 aliphatic carbocycles. The summed E-state index contributed by atoms with van der Waals surface area (Å²) in [5, 5.41) is 6.00. The van der Waals surface area contributed by atoms with Crippen molar-refractivity contribution in [2.75, 3.05) is 32.1 Å². The van der Waals surface area contributed by atoms with Crippen LogP contribution in [0.4, 0.5) is 5.69 Å². The second kappa shape index (κ2) is 6.91. The number of rotatable bonds is 6. The number of carbonyl (C=O) groups is 1. The van der Waals surface area contributed by atoms with Gasteiger partial charge >= 0.3 is 0 Å². The van der Waals surface area contributed by atoms with Gasteiger partial charge < -0.3 is 15.4 Å². The largest absolute Gasteiger partial charge is 0.385 e. The van der Waals surface area contributed by atoms with Gasteiger partial charge in [0.2, 0.25) is 0 Å². The first kappa shape index (κ1) is 13.5. The van der Waals surface area contributed by atoms with Crippen LogP contribution in [0.3, 0.4) is 0 Å². The summed E-state index contributed by atoms with van der Waals surface area (Å²) in [5.41, 5.74) is 2.62. The third-order valence-electron chi connectivity index (χ3n) is 2.38. The molecular weight excluding hydrogens is 216 g/mol. The number of amides is 1. The molecule has 2 N–H and O–H groups in total. The fourth-order valence-electron chi connectivity index (χ4n) is 1.55. The van der Waals surface area contributed by atoms with Crippen LogP contribution in [0, 0.1) is 6.92 Å². The monoisotopic (exact) mass is 236 g/mol. The molecule has 0 aromatic heterocycles. The average Bonchev–Trinajstić information content (AvgIpc) is 2.32. The summed E-state index contributed by atoms with van der Waals surface area (Å²) in [6, 6.07) is 5.81.